The molecule has 0 aromatic heterocycles. The molecule has 186 valence electrons. The second kappa shape index (κ2) is 27.3. The van der Waals surface area contributed by atoms with E-state index in [1.54, 1.807) is 0 Å². The maximum Gasteiger partial charge on any atom is 0.220 e. The Balaban J connectivity index is -0.00000113. The standard InChI is InChI=1S/C22H48N4O.3ClH/c1-2-3-4-5-6-7-8-9-10-14-21(27)26-22(15-11-18-23,16-12-19-24)17-13-20-25;;;/h2-20,23-25H2,1H3,(H,26,27);3*1H. The molecule has 0 saturated heterocycles. The van der Waals surface area contributed by atoms with Crippen molar-refractivity contribution in [3.63, 3.8) is 0 Å². The molecule has 1 amide bonds. The minimum absolute atomic E-state index is 0. The van der Waals surface area contributed by atoms with Gasteiger partial charge in [-0.1, -0.05) is 58.3 Å². The smallest absolute Gasteiger partial charge is 0.220 e. The molecule has 0 rings (SSSR count). The van der Waals surface area contributed by atoms with E-state index in [1.165, 1.54) is 44.9 Å². The van der Waals surface area contributed by atoms with Gasteiger partial charge in [0.15, 0.2) is 0 Å². The van der Waals surface area contributed by atoms with Crippen molar-refractivity contribution in [2.75, 3.05) is 19.6 Å². The van der Waals surface area contributed by atoms with Crippen LogP contribution in [0.5, 0.6) is 0 Å². The first kappa shape index (κ1) is 37.5. The van der Waals surface area contributed by atoms with Gasteiger partial charge in [0.2, 0.25) is 5.91 Å². The van der Waals surface area contributed by atoms with Gasteiger partial charge in [-0.2, -0.15) is 0 Å². The lowest BCUT2D eigenvalue weighted by atomic mass is 9.83. The SMILES string of the molecule is CCCCCCCCCCCC(=O)NC(CCCN)(CCCN)CCCN.Cl.Cl.Cl. The molecule has 30 heavy (non-hydrogen) atoms. The summed E-state index contributed by atoms with van der Waals surface area (Å²) in [4.78, 5) is 12.6. The van der Waals surface area contributed by atoms with Gasteiger partial charge in [0.1, 0.15) is 0 Å². The summed E-state index contributed by atoms with van der Waals surface area (Å²) in [6.45, 7) is 4.21. The first-order valence-electron chi connectivity index (χ1n) is 11.6. The van der Waals surface area contributed by atoms with Gasteiger partial charge >= 0.3 is 0 Å². The zero-order valence-corrected chi connectivity index (χ0v) is 21.7. The Morgan fingerprint density at radius 2 is 1.00 bits per heavy atom. The molecule has 0 unspecified atom stereocenters. The number of halogens is 3. The van der Waals surface area contributed by atoms with Gasteiger partial charge in [-0.15, -0.1) is 37.2 Å². The van der Waals surface area contributed by atoms with Crippen molar-refractivity contribution in [1.82, 2.24) is 5.32 Å². The fourth-order valence-corrected chi connectivity index (χ4v) is 3.84. The summed E-state index contributed by atoms with van der Waals surface area (Å²) in [6, 6.07) is 0. The van der Waals surface area contributed by atoms with E-state index in [-0.39, 0.29) is 48.7 Å². The molecule has 5 nitrogen and oxygen atoms in total. The summed E-state index contributed by atoms with van der Waals surface area (Å²) in [6.07, 6.45) is 17.6. The number of amides is 1. The van der Waals surface area contributed by atoms with Gasteiger partial charge in [-0.05, 0) is 64.6 Å². The summed E-state index contributed by atoms with van der Waals surface area (Å²) in [7, 11) is 0. The molecule has 0 spiro atoms. The van der Waals surface area contributed by atoms with E-state index in [0.717, 1.165) is 51.4 Å². The highest BCUT2D eigenvalue weighted by Crippen LogP contribution is 2.25. The van der Waals surface area contributed by atoms with E-state index < -0.39 is 0 Å². The molecule has 0 fully saturated rings. The normalized spacial score (nSPS) is 10.5. The number of hydrogen-bond donors (Lipinski definition) is 4. The highest BCUT2D eigenvalue weighted by atomic mass is 35.5. The number of rotatable bonds is 20. The molecule has 0 aromatic rings. The molecular weight excluding hydrogens is 443 g/mol. The minimum atomic E-state index is -0.172. The number of carbonyl (C=O) groups is 1. The highest BCUT2D eigenvalue weighted by Gasteiger charge is 2.29. The van der Waals surface area contributed by atoms with Crippen LogP contribution in [0.15, 0.2) is 0 Å². The molecular formula is C22H51Cl3N4O. The molecule has 0 atom stereocenters. The molecule has 0 saturated carbocycles. The van der Waals surface area contributed by atoms with Crippen molar-refractivity contribution in [1.29, 1.82) is 0 Å². The van der Waals surface area contributed by atoms with Crippen molar-refractivity contribution in [3.05, 3.63) is 0 Å². The second-order valence-electron chi connectivity index (χ2n) is 8.08. The summed E-state index contributed by atoms with van der Waals surface area (Å²) >= 11 is 0. The zero-order chi connectivity index (χ0) is 20.2. The second-order valence-corrected chi connectivity index (χ2v) is 8.08. The maximum atomic E-state index is 12.6. The molecule has 0 aliphatic carbocycles. The first-order chi connectivity index (χ1) is 13.1. The van der Waals surface area contributed by atoms with E-state index in [2.05, 4.69) is 12.2 Å². The lowest BCUT2D eigenvalue weighted by molar-refractivity contribution is -0.123. The predicted molar refractivity (Wildman–Crippen MR) is 139 cm³/mol. The van der Waals surface area contributed by atoms with Crippen LogP contribution in [0, 0.1) is 0 Å². The van der Waals surface area contributed by atoms with E-state index in [0.29, 0.717) is 26.1 Å². The van der Waals surface area contributed by atoms with Crippen molar-refractivity contribution in [2.45, 2.75) is 115 Å². The summed E-state index contributed by atoms with van der Waals surface area (Å²) in [5.41, 5.74) is 17.0. The fraction of sp³-hybridized carbons (Fsp3) is 0.955. The fourth-order valence-electron chi connectivity index (χ4n) is 3.84. The third-order valence-corrected chi connectivity index (χ3v) is 5.49. The Hall–Kier alpha value is 0.220. The number of carbonyl (C=O) groups excluding carboxylic acids is 1. The molecule has 0 heterocycles. The molecule has 7 N–H and O–H groups in total. The van der Waals surface area contributed by atoms with Gasteiger partial charge in [-0.25, -0.2) is 0 Å². The van der Waals surface area contributed by atoms with Gasteiger partial charge in [0.25, 0.3) is 0 Å². The summed E-state index contributed by atoms with van der Waals surface area (Å²) in [5, 5.41) is 3.35. The summed E-state index contributed by atoms with van der Waals surface area (Å²) in [5.74, 6) is 0.184. The van der Waals surface area contributed by atoms with E-state index >= 15 is 0 Å². The van der Waals surface area contributed by atoms with E-state index in [1.807, 2.05) is 0 Å². The van der Waals surface area contributed by atoms with Crippen LogP contribution in [0.1, 0.15) is 110 Å². The van der Waals surface area contributed by atoms with Crippen LogP contribution >= 0.6 is 37.2 Å². The Kier molecular flexibility index (Phi) is 34.1. The Labute approximate surface area is 205 Å². The van der Waals surface area contributed by atoms with Crippen molar-refractivity contribution in [2.24, 2.45) is 17.2 Å². The van der Waals surface area contributed by atoms with E-state index in [9.17, 15) is 4.79 Å². The maximum absolute atomic E-state index is 12.6. The number of nitrogens with one attached hydrogen (secondary N) is 1. The van der Waals surface area contributed by atoms with Gasteiger partial charge in [-0.3, -0.25) is 4.79 Å². The van der Waals surface area contributed by atoms with Crippen LogP contribution < -0.4 is 22.5 Å². The van der Waals surface area contributed by atoms with Gasteiger partial charge in [0.05, 0.1) is 0 Å². The number of unbranched alkanes of at least 4 members (excludes halogenated alkanes) is 8. The van der Waals surface area contributed by atoms with Crippen LogP contribution in [-0.2, 0) is 4.79 Å². The zero-order valence-electron chi connectivity index (χ0n) is 19.3. The minimum Gasteiger partial charge on any atom is -0.351 e. The topological polar surface area (TPSA) is 107 Å². The van der Waals surface area contributed by atoms with Gasteiger partial charge < -0.3 is 22.5 Å². The Morgan fingerprint density at radius 3 is 1.37 bits per heavy atom. The lowest BCUT2D eigenvalue weighted by Gasteiger charge is -2.35. The van der Waals surface area contributed by atoms with Crippen LogP contribution in [0.2, 0.25) is 0 Å². The quantitative estimate of drug-likeness (QED) is 0.174. The predicted octanol–water partition coefficient (Wildman–Crippen LogP) is 5.24. The lowest BCUT2D eigenvalue weighted by Crippen LogP contribution is -2.49. The molecule has 0 aliphatic rings. The monoisotopic (exact) mass is 492 g/mol. The van der Waals surface area contributed by atoms with Crippen LogP contribution in [0.25, 0.3) is 0 Å². The molecule has 8 heteroatoms. The molecule has 0 aliphatic heterocycles. The van der Waals surface area contributed by atoms with E-state index in [4.69, 9.17) is 17.2 Å². The average Bonchev–Trinajstić information content (AvgIpc) is 2.67. The Bertz CT molecular complexity index is 329. The van der Waals surface area contributed by atoms with Crippen LogP contribution in [0.4, 0.5) is 0 Å². The van der Waals surface area contributed by atoms with Crippen LogP contribution in [0.3, 0.4) is 0 Å². The molecule has 0 bridgehead atoms. The number of nitrogens with two attached hydrogens (primary N) is 3. The van der Waals surface area contributed by atoms with Crippen LogP contribution in [-0.4, -0.2) is 31.1 Å². The largest absolute Gasteiger partial charge is 0.351 e. The van der Waals surface area contributed by atoms with Crippen molar-refractivity contribution < 1.29 is 4.79 Å². The average molecular weight is 494 g/mol. The number of hydrogen-bond acceptors (Lipinski definition) is 4. The first-order valence-corrected chi connectivity index (χ1v) is 11.6. The van der Waals surface area contributed by atoms with Crippen molar-refractivity contribution in [3.8, 4) is 0 Å². The molecule has 0 aromatic carbocycles. The summed E-state index contributed by atoms with van der Waals surface area (Å²) < 4.78 is 0. The molecule has 0 radical (unpaired) electrons. The highest BCUT2D eigenvalue weighted by molar-refractivity contribution is 5.86. The van der Waals surface area contributed by atoms with Gasteiger partial charge in [0, 0.05) is 12.0 Å². The van der Waals surface area contributed by atoms with Crippen molar-refractivity contribution >= 4 is 43.1 Å². The Morgan fingerprint density at radius 1 is 0.633 bits per heavy atom. The third-order valence-electron chi connectivity index (χ3n) is 5.49. The third kappa shape index (κ3) is 21.5.